The summed E-state index contributed by atoms with van der Waals surface area (Å²) in [5.74, 6) is -1.24. The van der Waals surface area contributed by atoms with Crippen LogP contribution in [0.25, 0.3) is 11.1 Å². The van der Waals surface area contributed by atoms with Crippen LogP contribution in [0.15, 0.2) is 48.5 Å². The van der Waals surface area contributed by atoms with Crippen LogP contribution in [0.3, 0.4) is 0 Å². The van der Waals surface area contributed by atoms with Crippen molar-refractivity contribution in [3.8, 4) is 11.1 Å². The average Bonchev–Trinajstić information content (AvgIpc) is 2.46. The van der Waals surface area contributed by atoms with Crippen LogP contribution in [0.4, 0.5) is 0 Å². The number of carboxylic acids is 1. The van der Waals surface area contributed by atoms with Gasteiger partial charge >= 0.3 is 11.9 Å². The summed E-state index contributed by atoms with van der Waals surface area (Å²) >= 11 is 0. The van der Waals surface area contributed by atoms with Crippen molar-refractivity contribution in [2.24, 2.45) is 0 Å². The van der Waals surface area contributed by atoms with Gasteiger partial charge < -0.3 is 9.84 Å². The first-order valence-electron chi connectivity index (χ1n) is 6.12. The summed E-state index contributed by atoms with van der Waals surface area (Å²) in [6.07, 6.45) is 0. The number of rotatable bonds is 4. The van der Waals surface area contributed by atoms with Gasteiger partial charge in [0.25, 0.3) is 0 Å². The highest BCUT2D eigenvalue weighted by atomic mass is 16.5. The molecule has 0 aliphatic carbocycles. The summed E-state index contributed by atoms with van der Waals surface area (Å²) in [7, 11) is 0. The van der Waals surface area contributed by atoms with E-state index < -0.39 is 5.97 Å². The third-order valence-electron chi connectivity index (χ3n) is 2.86. The summed E-state index contributed by atoms with van der Waals surface area (Å²) in [4.78, 5) is 21.5. The number of ether oxygens (including phenoxy) is 1. The first-order valence-corrected chi connectivity index (χ1v) is 6.12. The summed E-state index contributed by atoms with van der Waals surface area (Å²) in [5.41, 5.74) is 3.09. The lowest BCUT2D eigenvalue weighted by atomic mass is 10.0. The quantitative estimate of drug-likeness (QED) is 0.867. The van der Waals surface area contributed by atoms with Crippen LogP contribution in [-0.4, -0.2) is 17.0 Å². The van der Waals surface area contributed by atoms with Crippen LogP contribution in [0.5, 0.6) is 0 Å². The van der Waals surface area contributed by atoms with Crippen molar-refractivity contribution in [2.45, 2.75) is 13.5 Å². The minimum Gasteiger partial charge on any atom is -0.478 e. The van der Waals surface area contributed by atoms with Crippen LogP contribution >= 0.6 is 0 Å². The van der Waals surface area contributed by atoms with Gasteiger partial charge in [-0.2, -0.15) is 0 Å². The molecule has 0 spiro atoms. The Balaban J connectivity index is 2.13. The number of carboxylic acid groups (broad SMARTS) is 1. The Morgan fingerprint density at radius 3 is 1.90 bits per heavy atom. The number of carbonyl (C=O) groups is 2. The monoisotopic (exact) mass is 270 g/mol. The molecular formula is C16H14O4. The molecular weight excluding hydrogens is 256 g/mol. The zero-order valence-corrected chi connectivity index (χ0v) is 11.0. The molecule has 0 unspecified atom stereocenters. The smallest absolute Gasteiger partial charge is 0.335 e. The summed E-state index contributed by atoms with van der Waals surface area (Å²) in [6, 6.07) is 14.3. The Hall–Kier alpha value is -2.62. The topological polar surface area (TPSA) is 63.6 Å². The van der Waals surface area contributed by atoms with E-state index in [1.165, 1.54) is 6.92 Å². The lowest BCUT2D eigenvalue weighted by molar-refractivity contribution is -0.142. The molecule has 0 atom stereocenters. The first-order chi connectivity index (χ1) is 9.56. The normalized spacial score (nSPS) is 10.1. The fourth-order valence-electron chi connectivity index (χ4n) is 1.78. The molecule has 0 bridgehead atoms. The lowest BCUT2D eigenvalue weighted by Crippen LogP contribution is -1.98. The molecule has 0 saturated carbocycles. The van der Waals surface area contributed by atoms with Crippen LogP contribution in [0.2, 0.25) is 0 Å². The molecule has 1 N–H and O–H groups in total. The first kappa shape index (κ1) is 13.8. The molecule has 4 nitrogen and oxygen atoms in total. The summed E-state index contributed by atoms with van der Waals surface area (Å²) < 4.78 is 4.91. The van der Waals surface area contributed by atoms with E-state index >= 15 is 0 Å². The molecule has 0 saturated heterocycles. The molecule has 0 aliphatic rings. The molecule has 0 heterocycles. The average molecular weight is 270 g/mol. The van der Waals surface area contributed by atoms with E-state index in [-0.39, 0.29) is 18.1 Å². The van der Waals surface area contributed by atoms with Gasteiger partial charge in [0.05, 0.1) is 5.56 Å². The van der Waals surface area contributed by atoms with E-state index in [4.69, 9.17) is 9.84 Å². The van der Waals surface area contributed by atoms with Crippen molar-refractivity contribution in [1.29, 1.82) is 0 Å². The van der Waals surface area contributed by atoms with Crippen LogP contribution in [0, 0.1) is 0 Å². The third kappa shape index (κ3) is 3.45. The minimum absolute atomic E-state index is 0.258. The summed E-state index contributed by atoms with van der Waals surface area (Å²) in [5, 5.41) is 8.85. The minimum atomic E-state index is -0.937. The number of aromatic carboxylic acids is 1. The van der Waals surface area contributed by atoms with E-state index in [1.807, 2.05) is 24.3 Å². The van der Waals surface area contributed by atoms with Gasteiger partial charge in [-0.25, -0.2) is 4.79 Å². The SMILES string of the molecule is CC(=O)OCc1ccc(-c2ccc(C(=O)O)cc2)cc1. The maximum Gasteiger partial charge on any atom is 0.335 e. The highest BCUT2D eigenvalue weighted by molar-refractivity contribution is 5.88. The standard InChI is InChI=1S/C16H14O4/c1-11(17)20-10-12-2-4-13(5-3-12)14-6-8-15(9-7-14)16(18)19/h2-9H,10H2,1H3,(H,18,19). The Morgan fingerprint density at radius 1 is 0.950 bits per heavy atom. The molecule has 0 radical (unpaired) electrons. The second-order valence-electron chi connectivity index (χ2n) is 4.36. The largest absolute Gasteiger partial charge is 0.478 e. The van der Waals surface area contributed by atoms with Crippen molar-refractivity contribution in [3.63, 3.8) is 0 Å². The molecule has 20 heavy (non-hydrogen) atoms. The van der Waals surface area contributed by atoms with Gasteiger partial charge in [-0.15, -0.1) is 0 Å². The number of hydrogen-bond acceptors (Lipinski definition) is 3. The number of esters is 1. The highest BCUT2D eigenvalue weighted by Gasteiger charge is 2.03. The van der Waals surface area contributed by atoms with Crippen LogP contribution in [-0.2, 0) is 16.1 Å². The Labute approximate surface area is 116 Å². The molecule has 4 heteroatoms. The summed E-state index contributed by atoms with van der Waals surface area (Å²) in [6.45, 7) is 1.63. The molecule has 0 fully saturated rings. The van der Waals surface area contributed by atoms with E-state index in [0.29, 0.717) is 0 Å². The predicted octanol–water partition coefficient (Wildman–Crippen LogP) is 3.11. The van der Waals surface area contributed by atoms with Crippen molar-refractivity contribution < 1.29 is 19.4 Å². The Bertz CT molecular complexity index is 612. The van der Waals surface area contributed by atoms with Crippen molar-refractivity contribution >= 4 is 11.9 Å². The van der Waals surface area contributed by atoms with E-state index in [0.717, 1.165) is 16.7 Å². The van der Waals surface area contributed by atoms with Crippen molar-refractivity contribution in [1.82, 2.24) is 0 Å². The van der Waals surface area contributed by atoms with Gasteiger partial charge in [-0.1, -0.05) is 36.4 Å². The Kier molecular flexibility index (Phi) is 4.15. The number of carbonyl (C=O) groups excluding carboxylic acids is 1. The Morgan fingerprint density at radius 2 is 1.45 bits per heavy atom. The van der Waals surface area contributed by atoms with E-state index in [2.05, 4.69) is 0 Å². The third-order valence-corrected chi connectivity index (χ3v) is 2.86. The number of benzene rings is 2. The maximum atomic E-state index is 10.8. The van der Waals surface area contributed by atoms with Gasteiger partial charge in [0.15, 0.2) is 0 Å². The fourth-order valence-corrected chi connectivity index (χ4v) is 1.78. The van der Waals surface area contributed by atoms with Gasteiger partial charge in [0.2, 0.25) is 0 Å². The predicted molar refractivity (Wildman–Crippen MR) is 74.3 cm³/mol. The van der Waals surface area contributed by atoms with Gasteiger partial charge in [0, 0.05) is 6.92 Å². The van der Waals surface area contributed by atoms with Gasteiger partial charge in [0.1, 0.15) is 6.61 Å². The zero-order valence-electron chi connectivity index (χ0n) is 11.0. The van der Waals surface area contributed by atoms with Gasteiger partial charge in [-0.3, -0.25) is 4.79 Å². The maximum absolute atomic E-state index is 10.8. The highest BCUT2D eigenvalue weighted by Crippen LogP contribution is 2.20. The second kappa shape index (κ2) is 6.02. The molecule has 102 valence electrons. The van der Waals surface area contributed by atoms with E-state index in [9.17, 15) is 9.59 Å². The zero-order chi connectivity index (χ0) is 14.5. The number of hydrogen-bond donors (Lipinski definition) is 1. The second-order valence-corrected chi connectivity index (χ2v) is 4.36. The van der Waals surface area contributed by atoms with Gasteiger partial charge in [-0.05, 0) is 28.8 Å². The molecule has 2 aromatic carbocycles. The van der Waals surface area contributed by atoms with E-state index in [1.54, 1.807) is 24.3 Å². The molecule has 0 amide bonds. The molecule has 0 aromatic heterocycles. The van der Waals surface area contributed by atoms with Crippen molar-refractivity contribution in [3.05, 3.63) is 59.7 Å². The van der Waals surface area contributed by atoms with Crippen LogP contribution in [0.1, 0.15) is 22.8 Å². The molecule has 2 rings (SSSR count). The fraction of sp³-hybridized carbons (Fsp3) is 0.125. The molecule has 0 aliphatic heterocycles. The lowest BCUT2D eigenvalue weighted by Gasteiger charge is -2.05. The molecule has 2 aromatic rings. The van der Waals surface area contributed by atoms with Crippen molar-refractivity contribution in [2.75, 3.05) is 0 Å². The van der Waals surface area contributed by atoms with Crippen LogP contribution < -0.4 is 0 Å².